The third-order valence-electron chi connectivity index (χ3n) is 4.45. The summed E-state index contributed by atoms with van der Waals surface area (Å²) in [6.45, 7) is 1.78. The van der Waals surface area contributed by atoms with Gasteiger partial charge in [-0.15, -0.1) is 12.6 Å². The van der Waals surface area contributed by atoms with E-state index in [1.54, 1.807) is 23.1 Å². The van der Waals surface area contributed by atoms with Gasteiger partial charge in [-0.25, -0.2) is 0 Å². The van der Waals surface area contributed by atoms with Crippen LogP contribution < -0.4 is 10.5 Å². The molecule has 0 aliphatic heterocycles. The lowest BCUT2D eigenvalue weighted by molar-refractivity contribution is 0.0747. The fourth-order valence-corrected chi connectivity index (χ4v) is 3.62. The molecule has 1 amide bonds. The molecule has 0 bridgehead atoms. The topological polar surface area (TPSA) is 55.6 Å². The molecule has 0 atom stereocenters. The van der Waals surface area contributed by atoms with Crippen molar-refractivity contribution in [1.29, 1.82) is 0 Å². The average Bonchev–Trinajstić information content (AvgIpc) is 2.74. The van der Waals surface area contributed by atoms with Gasteiger partial charge in [0.05, 0.1) is 0 Å². The van der Waals surface area contributed by atoms with E-state index in [1.807, 2.05) is 54.6 Å². The first-order valence-electron chi connectivity index (χ1n) is 9.31. The lowest BCUT2D eigenvalue weighted by atomic mass is 10.1. The van der Waals surface area contributed by atoms with Gasteiger partial charge in [0.1, 0.15) is 12.4 Å². The molecule has 3 aromatic carbocycles. The second-order valence-electron chi connectivity index (χ2n) is 6.56. The molecule has 0 radical (unpaired) electrons. The highest BCUT2D eigenvalue weighted by Crippen LogP contribution is 2.26. The van der Waals surface area contributed by atoms with Crippen LogP contribution in [0.1, 0.15) is 21.5 Å². The number of carbonyl (C=O) groups is 1. The van der Waals surface area contributed by atoms with E-state index < -0.39 is 0 Å². The quantitative estimate of drug-likeness (QED) is 0.459. The molecule has 4 nitrogen and oxygen atoms in total. The van der Waals surface area contributed by atoms with E-state index in [2.05, 4.69) is 28.6 Å². The number of nitrogens with zero attached hydrogens (tertiary/aromatic N) is 1. The Morgan fingerprint density at radius 2 is 1.76 bits per heavy atom. The van der Waals surface area contributed by atoms with Gasteiger partial charge in [-0.05, 0) is 35.4 Å². The molecule has 0 aliphatic rings. The van der Waals surface area contributed by atoms with E-state index in [9.17, 15) is 4.79 Å². The highest BCUT2D eigenvalue weighted by atomic mass is 79.9. The molecule has 0 saturated heterocycles. The number of ether oxygens (including phenoxy) is 1. The van der Waals surface area contributed by atoms with Crippen molar-refractivity contribution in [2.75, 3.05) is 13.1 Å². The van der Waals surface area contributed by atoms with Crippen LogP contribution in [0.15, 0.2) is 82.2 Å². The molecule has 6 heteroatoms. The Labute approximate surface area is 185 Å². The third-order valence-corrected chi connectivity index (χ3v) is 5.57. The van der Waals surface area contributed by atoms with Crippen molar-refractivity contribution in [3.63, 3.8) is 0 Å². The summed E-state index contributed by atoms with van der Waals surface area (Å²) in [5.41, 5.74) is 8.41. The summed E-state index contributed by atoms with van der Waals surface area (Å²) in [7, 11) is 0. The maximum atomic E-state index is 13.1. The number of amides is 1. The van der Waals surface area contributed by atoms with Crippen molar-refractivity contribution in [2.45, 2.75) is 18.0 Å². The molecule has 0 aromatic heterocycles. The minimum absolute atomic E-state index is 0.0869. The summed E-state index contributed by atoms with van der Waals surface area (Å²) in [4.78, 5) is 15.4. The second-order valence-corrected chi connectivity index (χ2v) is 7.90. The smallest absolute Gasteiger partial charge is 0.254 e. The lowest BCUT2D eigenvalue weighted by Crippen LogP contribution is -2.35. The summed E-state index contributed by atoms with van der Waals surface area (Å²) in [5.74, 6) is 0.557. The number of rotatable bonds is 8. The fraction of sp³-hybridized carbons (Fsp3) is 0.174. The van der Waals surface area contributed by atoms with Gasteiger partial charge in [-0.3, -0.25) is 4.79 Å². The van der Waals surface area contributed by atoms with Crippen LogP contribution in [0.5, 0.6) is 5.75 Å². The van der Waals surface area contributed by atoms with Crippen LogP contribution in [0, 0.1) is 0 Å². The van der Waals surface area contributed by atoms with Crippen LogP contribution in [0.2, 0.25) is 0 Å². The number of hydrogen-bond acceptors (Lipinski definition) is 4. The maximum Gasteiger partial charge on any atom is 0.254 e. The van der Waals surface area contributed by atoms with E-state index in [1.165, 1.54) is 0 Å². The van der Waals surface area contributed by atoms with E-state index in [0.717, 1.165) is 15.6 Å². The lowest BCUT2D eigenvalue weighted by Gasteiger charge is -2.23. The number of halogens is 1. The summed E-state index contributed by atoms with van der Waals surface area (Å²) in [5, 5.41) is 0. The van der Waals surface area contributed by atoms with Gasteiger partial charge in [0.25, 0.3) is 5.91 Å². The molecule has 0 aliphatic carbocycles. The largest absolute Gasteiger partial charge is 0.488 e. The third kappa shape index (κ3) is 5.85. The van der Waals surface area contributed by atoms with Crippen molar-refractivity contribution in [2.24, 2.45) is 5.73 Å². The Morgan fingerprint density at radius 1 is 1.03 bits per heavy atom. The van der Waals surface area contributed by atoms with Crippen molar-refractivity contribution >= 4 is 34.5 Å². The van der Waals surface area contributed by atoms with Gasteiger partial charge in [-0.2, -0.15) is 0 Å². The molecule has 0 heterocycles. The molecule has 29 heavy (non-hydrogen) atoms. The minimum atomic E-state index is -0.0869. The number of benzene rings is 3. The van der Waals surface area contributed by atoms with Crippen molar-refractivity contribution in [3.05, 3.63) is 94.0 Å². The van der Waals surface area contributed by atoms with Crippen LogP contribution in [-0.4, -0.2) is 23.9 Å². The molecular formula is C23H23BrN2O2S. The van der Waals surface area contributed by atoms with Crippen molar-refractivity contribution in [1.82, 2.24) is 4.90 Å². The molecule has 0 saturated carbocycles. The summed E-state index contributed by atoms with van der Waals surface area (Å²) in [6, 6.07) is 23.1. The molecule has 2 N–H and O–H groups in total. The predicted octanol–water partition coefficient (Wildman–Crippen LogP) is 4.92. The number of hydrogen-bond donors (Lipinski definition) is 2. The summed E-state index contributed by atoms with van der Waals surface area (Å²) in [6.07, 6.45) is 0. The zero-order chi connectivity index (χ0) is 20.6. The van der Waals surface area contributed by atoms with Gasteiger partial charge in [-0.1, -0.05) is 64.5 Å². The average molecular weight is 471 g/mol. The van der Waals surface area contributed by atoms with Gasteiger partial charge in [0.2, 0.25) is 0 Å². The first-order chi connectivity index (χ1) is 14.1. The normalized spacial score (nSPS) is 10.6. The van der Waals surface area contributed by atoms with Gasteiger partial charge in [0, 0.05) is 34.6 Å². The molecule has 0 fully saturated rings. The van der Waals surface area contributed by atoms with E-state index >= 15 is 0 Å². The molecular weight excluding hydrogens is 448 g/mol. The first-order valence-corrected chi connectivity index (χ1v) is 10.5. The SMILES string of the molecule is NCCN(Cc1ccccc1Br)C(=O)c1ccc(OCc2ccccc2)c(S)c1. The molecule has 150 valence electrons. The Hall–Kier alpha value is -2.28. The highest BCUT2D eigenvalue weighted by molar-refractivity contribution is 9.10. The molecule has 3 aromatic rings. The van der Waals surface area contributed by atoms with E-state index in [-0.39, 0.29) is 5.91 Å². The number of carbonyl (C=O) groups excluding carboxylic acids is 1. The summed E-state index contributed by atoms with van der Waals surface area (Å²) >= 11 is 8.06. The van der Waals surface area contributed by atoms with Crippen LogP contribution in [0.25, 0.3) is 0 Å². The van der Waals surface area contributed by atoms with Gasteiger partial charge < -0.3 is 15.4 Å². The Balaban J connectivity index is 1.73. The van der Waals surface area contributed by atoms with Gasteiger partial charge in [0.15, 0.2) is 0 Å². The van der Waals surface area contributed by atoms with Crippen LogP contribution >= 0.6 is 28.6 Å². The summed E-state index contributed by atoms with van der Waals surface area (Å²) < 4.78 is 6.82. The number of thiol groups is 1. The van der Waals surface area contributed by atoms with Crippen molar-refractivity contribution < 1.29 is 9.53 Å². The Kier molecular flexibility index (Phi) is 7.75. The fourth-order valence-electron chi connectivity index (χ4n) is 2.93. The Morgan fingerprint density at radius 3 is 2.45 bits per heavy atom. The van der Waals surface area contributed by atoms with E-state index in [4.69, 9.17) is 10.5 Å². The highest BCUT2D eigenvalue weighted by Gasteiger charge is 2.18. The standard InChI is InChI=1S/C23H23BrN2O2S/c24-20-9-5-4-8-19(20)15-26(13-12-25)23(27)18-10-11-21(22(29)14-18)28-16-17-6-2-1-3-7-17/h1-11,14,29H,12-13,15-16,25H2. The molecule has 3 rings (SSSR count). The van der Waals surface area contributed by atoms with Crippen molar-refractivity contribution in [3.8, 4) is 5.75 Å². The maximum absolute atomic E-state index is 13.1. The van der Waals surface area contributed by atoms with E-state index in [0.29, 0.717) is 42.4 Å². The predicted molar refractivity (Wildman–Crippen MR) is 122 cm³/mol. The second kappa shape index (κ2) is 10.5. The zero-order valence-electron chi connectivity index (χ0n) is 15.9. The van der Waals surface area contributed by atoms with Gasteiger partial charge >= 0.3 is 0 Å². The minimum Gasteiger partial charge on any atom is -0.488 e. The van der Waals surface area contributed by atoms with Crippen LogP contribution in [-0.2, 0) is 13.2 Å². The first kappa shape index (κ1) is 21.4. The monoisotopic (exact) mass is 470 g/mol. The molecule has 0 spiro atoms. The molecule has 0 unspecified atom stereocenters. The Bertz CT molecular complexity index is 966. The van der Waals surface area contributed by atoms with Crippen LogP contribution in [0.3, 0.4) is 0 Å². The zero-order valence-corrected chi connectivity index (χ0v) is 18.4. The number of nitrogens with two attached hydrogens (primary N) is 1. The van der Waals surface area contributed by atoms with Crippen LogP contribution in [0.4, 0.5) is 0 Å².